The van der Waals surface area contributed by atoms with E-state index in [0.717, 1.165) is 37.0 Å². The number of fused-ring (bicyclic) bond motifs is 1. The first-order valence-corrected chi connectivity index (χ1v) is 10.9. The molecule has 7 heteroatoms. The molecule has 7 nitrogen and oxygen atoms in total. The number of likely N-dealkylation sites (tertiary alicyclic amines) is 2. The number of aromatic nitrogens is 3. The summed E-state index contributed by atoms with van der Waals surface area (Å²) in [4.78, 5) is 33.5. The minimum Gasteiger partial charge on any atom is -0.342 e. The van der Waals surface area contributed by atoms with Gasteiger partial charge in [-0.2, -0.15) is 5.10 Å². The molecule has 4 rings (SSSR count). The van der Waals surface area contributed by atoms with E-state index in [-0.39, 0.29) is 23.1 Å². The van der Waals surface area contributed by atoms with Crippen LogP contribution in [-0.4, -0.2) is 63.0 Å². The number of nitrogens with one attached hydrogen (secondary N) is 1. The van der Waals surface area contributed by atoms with Crippen molar-refractivity contribution in [1.29, 1.82) is 0 Å². The predicted octanol–water partition coefficient (Wildman–Crippen LogP) is 2.42. The summed E-state index contributed by atoms with van der Waals surface area (Å²) in [5.41, 5.74) is -0.226. The highest BCUT2D eigenvalue weighted by molar-refractivity contribution is 5.77. The van der Waals surface area contributed by atoms with E-state index in [1.807, 2.05) is 16.7 Å². The Kier molecular flexibility index (Phi) is 5.43. The maximum Gasteiger partial charge on any atom is 0.222 e. The van der Waals surface area contributed by atoms with Crippen molar-refractivity contribution in [1.82, 2.24) is 25.0 Å². The molecular formula is C21H33N5O2. The monoisotopic (exact) mass is 387 g/mol. The number of carbonyl (C=O) groups excluding carboxylic acids is 2. The van der Waals surface area contributed by atoms with Crippen molar-refractivity contribution in [3.63, 3.8) is 0 Å². The Morgan fingerprint density at radius 2 is 1.93 bits per heavy atom. The lowest BCUT2D eigenvalue weighted by molar-refractivity contribution is -0.134. The number of piperidine rings is 1. The van der Waals surface area contributed by atoms with Gasteiger partial charge in [-0.1, -0.05) is 32.1 Å². The summed E-state index contributed by atoms with van der Waals surface area (Å²) in [7, 11) is 0. The van der Waals surface area contributed by atoms with Gasteiger partial charge in [0.2, 0.25) is 11.8 Å². The molecule has 1 saturated carbocycles. The number of hydrogen-bond acceptors (Lipinski definition) is 4. The van der Waals surface area contributed by atoms with Crippen LogP contribution in [0.4, 0.5) is 0 Å². The van der Waals surface area contributed by atoms with Crippen LogP contribution in [-0.2, 0) is 15.0 Å². The van der Waals surface area contributed by atoms with Gasteiger partial charge in [0.1, 0.15) is 5.82 Å². The molecule has 2 atom stereocenters. The number of aromatic amines is 1. The Morgan fingerprint density at radius 3 is 2.61 bits per heavy atom. The summed E-state index contributed by atoms with van der Waals surface area (Å²) < 4.78 is 0. The predicted molar refractivity (Wildman–Crippen MR) is 106 cm³/mol. The van der Waals surface area contributed by atoms with Crippen LogP contribution in [0.1, 0.15) is 69.9 Å². The molecule has 1 aromatic heterocycles. The summed E-state index contributed by atoms with van der Waals surface area (Å²) >= 11 is 0. The van der Waals surface area contributed by atoms with Gasteiger partial charge in [-0.3, -0.25) is 14.7 Å². The highest BCUT2D eigenvalue weighted by atomic mass is 16.2. The fourth-order valence-electron chi connectivity index (χ4n) is 5.54. The summed E-state index contributed by atoms with van der Waals surface area (Å²) in [6.07, 6.45) is 9.11. The summed E-state index contributed by atoms with van der Waals surface area (Å²) in [5, 5.41) is 7.42. The molecule has 0 spiro atoms. The highest BCUT2D eigenvalue weighted by Crippen LogP contribution is 2.44. The summed E-state index contributed by atoms with van der Waals surface area (Å²) in [6.45, 7) is 6.33. The van der Waals surface area contributed by atoms with Gasteiger partial charge in [0.25, 0.3) is 0 Å². The lowest BCUT2D eigenvalue weighted by Crippen LogP contribution is -2.51. The number of amides is 2. The van der Waals surface area contributed by atoms with E-state index < -0.39 is 0 Å². The van der Waals surface area contributed by atoms with Crippen LogP contribution in [0, 0.1) is 18.8 Å². The van der Waals surface area contributed by atoms with E-state index in [0.29, 0.717) is 26.1 Å². The molecule has 1 N–H and O–H groups in total. The third-order valence-corrected chi connectivity index (χ3v) is 7.30. The molecule has 3 fully saturated rings. The Labute approximate surface area is 167 Å². The molecule has 28 heavy (non-hydrogen) atoms. The second-order valence-corrected chi connectivity index (χ2v) is 9.13. The standard InChI is InChI=1S/C21H33N5O2/c1-15-22-20(24-23-15)21-10-11-25(12-18(21)13-26(14-21)16(2)27)19(28)9-8-17-6-4-3-5-7-17/h17-18H,3-14H2,1-2H3,(H,22,23,24)/t18-,21-/m1/s1. The molecule has 0 aromatic carbocycles. The molecule has 1 aromatic rings. The molecular weight excluding hydrogens is 354 g/mol. The van der Waals surface area contributed by atoms with Crippen LogP contribution in [0.25, 0.3) is 0 Å². The molecule has 2 aliphatic heterocycles. The van der Waals surface area contributed by atoms with Crippen LogP contribution in [0.5, 0.6) is 0 Å². The smallest absolute Gasteiger partial charge is 0.222 e. The summed E-state index contributed by atoms with van der Waals surface area (Å²) in [6, 6.07) is 0. The average Bonchev–Trinajstić information content (AvgIpc) is 3.31. The maximum absolute atomic E-state index is 12.9. The van der Waals surface area contributed by atoms with Crippen molar-refractivity contribution < 1.29 is 9.59 Å². The summed E-state index contributed by atoms with van der Waals surface area (Å²) in [5.74, 6) is 2.93. The van der Waals surface area contributed by atoms with Gasteiger partial charge in [0.15, 0.2) is 5.82 Å². The molecule has 0 bridgehead atoms. The van der Waals surface area contributed by atoms with Crippen LogP contribution in [0.15, 0.2) is 0 Å². The second-order valence-electron chi connectivity index (χ2n) is 9.13. The van der Waals surface area contributed by atoms with E-state index in [1.54, 1.807) is 6.92 Å². The van der Waals surface area contributed by atoms with Crippen molar-refractivity contribution in [2.45, 2.75) is 70.6 Å². The number of H-pyrrole nitrogens is 1. The molecule has 3 aliphatic rings. The van der Waals surface area contributed by atoms with Crippen molar-refractivity contribution in [2.75, 3.05) is 26.2 Å². The second kappa shape index (κ2) is 7.84. The van der Waals surface area contributed by atoms with Crippen molar-refractivity contribution >= 4 is 11.8 Å². The van der Waals surface area contributed by atoms with Gasteiger partial charge in [-0.05, 0) is 25.7 Å². The number of hydrogen-bond donors (Lipinski definition) is 1. The third kappa shape index (κ3) is 3.67. The van der Waals surface area contributed by atoms with Gasteiger partial charge in [-0.25, -0.2) is 4.98 Å². The highest BCUT2D eigenvalue weighted by Gasteiger charge is 2.54. The molecule has 1 aliphatic carbocycles. The SMILES string of the molecule is CC(=O)N1C[C@H]2CN(C(=O)CCC3CCCCC3)CC[C@@]2(c2n[nH]c(C)n2)C1. The van der Waals surface area contributed by atoms with Crippen LogP contribution in [0.3, 0.4) is 0 Å². The molecule has 2 amide bonds. The minimum absolute atomic E-state index is 0.0937. The van der Waals surface area contributed by atoms with E-state index in [9.17, 15) is 9.59 Å². The Hall–Kier alpha value is -1.92. The van der Waals surface area contributed by atoms with Crippen LogP contribution in [0.2, 0.25) is 0 Å². The van der Waals surface area contributed by atoms with E-state index >= 15 is 0 Å². The first-order valence-electron chi connectivity index (χ1n) is 10.9. The largest absolute Gasteiger partial charge is 0.342 e. The number of nitrogens with zero attached hydrogens (tertiary/aromatic N) is 4. The van der Waals surface area contributed by atoms with E-state index in [1.165, 1.54) is 32.1 Å². The van der Waals surface area contributed by atoms with Crippen molar-refractivity contribution in [2.24, 2.45) is 11.8 Å². The van der Waals surface area contributed by atoms with E-state index in [4.69, 9.17) is 0 Å². The Balaban J connectivity index is 1.43. The number of rotatable bonds is 4. The molecule has 3 heterocycles. The van der Waals surface area contributed by atoms with Crippen LogP contribution >= 0.6 is 0 Å². The first-order chi connectivity index (χ1) is 13.5. The van der Waals surface area contributed by atoms with Gasteiger partial charge < -0.3 is 9.80 Å². The van der Waals surface area contributed by atoms with Gasteiger partial charge in [-0.15, -0.1) is 0 Å². The zero-order chi connectivity index (χ0) is 19.7. The fourth-order valence-corrected chi connectivity index (χ4v) is 5.54. The number of aryl methyl sites for hydroxylation is 1. The van der Waals surface area contributed by atoms with Crippen LogP contribution < -0.4 is 0 Å². The average molecular weight is 388 g/mol. The maximum atomic E-state index is 12.9. The van der Waals surface area contributed by atoms with Crippen molar-refractivity contribution in [3.05, 3.63) is 11.6 Å². The normalized spacial score (nSPS) is 28.4. The molecule has 0 unspecified atom stereocenters. The first kappa shape index (κ1) is 19.4. The fraction of sp³-hybridized carbons (Fsp3) is 0.810. The molecule has 154 valence electrons. The zero-order valence-corrected chi connectivity index (χ0v) is 17.2. The Morgan fingerprint density at radius 1 is 1.18 bits per heavy atom. The molecule has 2 saturated heterocycles. The van der Waals surface area contributed by atoms with Gasteiger partial charge >= 0.3 is 0 Å². The van der Waals surface area contributed by atoms with Gasteiger partial charge in [0.05, 0.1) is 5.41 Å². The zero-order valence-electron chi connectivity index (χ0n) is 17.2. The lowest BCUT2D eigenvalue weighted by Gasteiger charge is -2.41. The number of carbonyl (C=O) groups is 2. The van der Waals surface area contributed by atoms with E-state index in [2.05, 4.69) is 15.2 Å². The Bertz CT molecular complexity index is 726. The molecule has 0 radical (unpaired) electrons. The third-order valence-electron chi connectivity index (χ3n) is 7.30. The lowest BCUT2D eigenvalue weighted by atomic mass is 9.71. The van der Waals surface area contributed by atoms with Gasteiger partial charge in [0, 0.05) is 45.4 Å². The topological polar surface area (TPSA) is 82.2 Å². The van der Waals surface area contributed by atoms with Crippen molar-refractivity contribution in [3.8, 4) is 0 Å². The quantitative estimate of drug-likeness (QED) is 0.860. The minimum atomic E-state index is -0.226.